The Hall–Kier alpha value is -2.82. The van der Waals surface area contributed by atoms with Crippen molar-refractivity contribution in [2.45, 2.75) is 45.1 Å². The Bertz CT molecular complexity index is 801. The van der Waals surface area contributed by atoms with E-state index in [9.17, 15) is 14.7 Å². The molecule has 0 radical (unpaired) electrons. The number of hydrogen-bond donors (Lipinski definition) is 2. The van der Waals surface area contributed by atoms with Crippen LogP contribution in [-0.4, -0.2) is 29.8 Å². The number of aliphatic carboxylic acids is 1. The number of nitrogens with one attached hydrogen (secondary N) is 1. The maximum absolute atomic E-state index is 12.2. The highest BCUT2D eigenvalue weighted by molar-refractivity contribution is 5.81. The van der Waals surface area contributed by atoms with E-state index in [-0.39, 0.29) is 12.5 Å². The Morgan fingerprint density at radius 3 is 2.11 bits per heavy atom. The highest BCUT2D eigenvalue weighted by atomic mass is 16.5. The average Bonchev–Trinajstić information content (AvgIpc) is 2.99. The largest absolute Gasteiger partial charge is 0.480 e. The highest BCUT2D eigenvalue weighted by Gasteiger charge is 2.29. The molecule has 1 amide bonds. The molecular weight excluding hydrogens is 354 g/mol. The SMILES string of the molecule is CC(C)CCCC(NC(=O)OCC1c2ccccc2-c2ccccc21)C(=O)O. The van der Waals surface area contributed by atoms with E-state index in [0.29, 0.717) is 12.3 Å². The molecule has 0 saturated carbocycles. The third-order valence-electron chi connectivity index (χ3n) is 5.21. The van der Waals surface area contributed by atoms with Crippen LogP contribution in [0, 0.1) is 5.92 Å². The maximum atomic E-state index is 12.2. The summed E-state index contributed by atoms with van der Waals surface area (Å²) in [5.41, 5.74) is 4.57. The zero-order valence-corrected chi connectivity index (χ0v) is 16.4. The van der Waals surface area contributed by atoms with Crippen molar-refractivity contribution in [2.75, 3.05) is 6.61 Å². The van der Waals surface area contributed by atoms with Crippen LogP contribution in [0.5, 0.6) is 0 Å². The van der Waals surface area contributed by atoms with Crippen molar-refractivity contribution in [3.05, 3.63) is 59.7 Å². The molecular formula is C23H27NO4. The van der Waals surface area contributed by atoms with Crippen LogP contribution in [-0.2, 0) is 9.53 Å². The van der Waals surface area contributed by atoms with Gasteiger partial charge in [0, 0.05) is 5.92 Å². The smallest absolute Gasteiger partial charge is 0.407 e. The summed E-state index contributed by atoms with van der Waals surface area (Å²) in [6, 6.07) is 15.3. The van der Waals surface area contributed by atoms with Crippen molar-refractivity contribution >= 4 is 12.1 Å². The molecule has 0 aromatic heterocycles. The zero-order chi connectivity index (χ0) is 20.1. The number of amides is 1. The molecule has 0 bridgehead atoms. The van der Waals surface area contributed by atoms with Crippen LogP contribution < -0.4 is 5.32 Å². The first kappa shape index (κ1) is 19.9. The monoisotopic (exact) mass is 381 g/mol. The summed E-state index contributed by atoms with van der Waals surface area (Å²) < 4.78 is 5.43. The predicted molar refractivity (Wildman–Crippen MR) is 108 cm³/mol. The molecule has 0 heterocycles. The molecule has 5 nitrogen and oxygen atoms in total. The highest BCUT2D eigenvalue weighted by Crippen LogP contribution is 2.44. The minimum atomic E-state index is -1.03. The van der Waals surface area contributed by atoms with Gasteiger partial charge in [0.2, 0.25) is 0 Å². The summed E-state index contributed by atoms with van der Waals surface area (Å²) in [6.07, 6.45) is 1.39. The van der Waals surface area contributed by atoms with Crippen LogP contribution >= 0.6 is 0 Å². The Labute approximate surface area is 165 Å². The van der Waals surface area contributed by atoms with Crippen molar-refractivity contribution in [1.82, 2.24) is 5.32 Å². The minimum absolute atomic E-state index is 0.0395. The number of rotatable bonds is 8. The van der Waals surface area contributed by atoms with Crippen molar-refractivity contribution in [1.29, 1.82) is 0 Å². The average molecular weight is 381 g/mol. The summed E-state index contributed by atoms with van der Waals surface area (Å²) in [5, 5.41) is 11.9. The first-order valence-electron chi connectivity index (χ1n) is 9.81. The predicted octanol–water partition coefficient (Wildman–Crippen LogP) is 4.80. The Kier molecular flexibility index (Phi) is 6.34. The van der Waals surface area contributed by atoms with E-state index in [2.05, 4.69) is 31.3 Å². The van der Waals surface area contributed by atoms with E-state index in [4.69, 9.17) is 4.74 Å². The third-order valence-corrected chi connectivity index (χ3v) is 5.21. The number of carbonyl (C=O) groups is 2. The van der Waals surface area contributed by atoms with Crippen LogP contribution in [0.3, 0.4) is 0 Å². The summed E-state index contributed by atoms with van der Waals surface area (Å²) in [4.78, 5) is 23.7. The van der Waals surface area contributed by atoms with E-state index >= 15 is 0 Å². The van der Waals surface area contributed by atoms with Gasteiger partial charge in [0.25, 0.3) is 0 Å². The van der Waals surface area contributed by atoms with Crippen LogP contribution in [0.15, 0.2) is 48.5 Å². The van der Waals surface area contributed by atoms with Crippen molar-refractivity contribution < 1.29 is 19.4 Å². The fourth-order valence-electron chi connectivity index (χ4n) is 3.77. The number of benzene rings is 2. The lowest BCUT2D eigenvalue weighted by Gasteiger charge is -2.17. The number of carboxylic acids is 1. The van der Waals surface area contributed by atoms with Gasteiger partial charge in [-0.15, -0.1) is 0 Å². The minimum Gasteiger partial charge on any atom is -0.480 e. The van der Waals surface area contributed by atoms with Gasteiger partial charge in [0.15, 0.2) is 0 Å². The summed E-state index contributed by atoms with van der Waals surface area (Å²) >= 11 is 0. The van der Waals surface area contributed by atoms with E-state index in [1.165, 1.54) is 0 Å². The van der Waals surface area contributed by atoms with Crippen LogP contribution in [0.2, 0.25) is 0 Å². The lowest BCUT2D eigenvalue weighted by molar-refractivity contribution is -0.139. The quantitative estimate of drug-likeness (QED) is 0.688. The number of fused-ring (bicyclic) bond motifs is 3. The molecule has 0 aliphatic heterocycles. The first-order valence-corrected chi connectivity index (χ1v) is 9.81. The topological polar surface area (TPSA) is 75.6 Å². The molecule has 28 heavy (non-hydrogen) atoms. The number of carbonyl (C=O) groups excluding carboxylic acids is 1. The van der Waals surface area contributed by atoms with E-state index in [1.807, 2.05) is 36.4 Å². The van der Waals surface area contributed by atoms with Gasteiger partial charge in [-0.3, -0.25) is 0 Å². The van der Waals surface area contributed by atoms with E-state index in [1.54, 1.807) is 0 Å². The molecule has 5 heteroatoms. The van der Waals surface area contributed by atoms with Gasteiger partial charge in [-0.1, -0.05) is 75.2 Å². The lowest BCUT2D eigenvalue weighted by Crippen LogP contribution is -2.41. The molecule has 3 rings (SSSR count). The Balaban J connectivity index is 1.62. The van der Waals surface area contributed by atoms with Gasteiger partial charge in [-0.2, -0.15) is 0 Å². The second kappa shape index (κ2) is 8.91. The van der Waals surface area contributed by atoms with E-state index < -0.39 is 18.1 Å². The molecule has 0 saturated heterocycles. The number of hydrogen-bond acceptors (Lipinski definition) is 3. The van der Waals surface area contributed by atoms with Gasteiger partial charge in [0.05, 0.1) is 0 Å². The Morgan fingerprint density at radius 1 is 1.00 bits per heavy atom. The van der Waals surface area contributed by atoms with Gasteiger partial charge in [-0.05, 0) is 34.6 Å². The van der Waals surface area contributed by atoms with Gasteiger partial charge >= 0.3 is 12.1 Å². The number of carboxylic acid groups (broad SMARTS) is 1. The summed E-state index contributed by atoms with van der Waals surface area (Å²) in [5.74, 6) is -0.566. The van der Waals surface area contributed by atoms with Crippen molar-refractivity contribution in [3.8, 4) is 11.1 Å². The molecule has 1 unspecified atom stereocenters. The van der Waals surface area contributed by atoms with Crippen LogP contribution in [0.25, 0.3) is 11.1 Å². The van der Waals surface area contributed by atoms with Crippen molar-refractivity contribution in [3.63, 3.8) is 0 Å². The normalized spacial score (nSPS) is 13.7. The summed E-state index contributed by atoms with van der Waals surface area (Å²) in [7, 11) is 0. The molecule has 1 aliphatic rings. The van der Waals surface area contributed by atoms with Gasteiger partial charge < -0.3 is 15.2 Å². The zero-order valence-electron chi connectivity index (χ0n) is 16.4. The standard InChI is InChI=1S/C23H27NO4/c1-15(2)8-7-13-21(22(25)26)24-23(27)28-14-20-18-11-5-3-9-16(18)17-10-4-6-12-19(17)20/h3-6,9-12,15,20-21H,7-8,13-14H2,1-2H3,(H,24,27)(H,25,26). The van der Waals surface area contributed by atoms with Crippen LogP contribution in [0.4, 0.5) is 4.79 Å². The molecule has 2 aromatic rings. The maximum Gasteiger partial charge on any atom is 0.407 e. The Morgan fingerprint density at radius 2 is 1.57 bits per heavy atom. The summed E-state index contributed by atoms with van der Waals surface area (Å²) in [6.45, 7) is 4.36. The van der Waals surface area contributed by atoms with Gasteiger partial charge in [0.1, 0.15) is 12.6 Å². The fraction of sp³-hybridized carbons (Fsp3) is 0.391. The fourth-order valence-corrected chi connectivity index (χ4v) is 3.77. The van der Waals surface area contributed by atoms with Crippen molar-refractivity contribution in [2.24, 2.45) is 5.92 Å². The van der Waals surface area contributed by atoms with E-state index in [0.717, 1.165) is 35.1 Å². The number of alkyl carbamates (subject to hydrolysis) is 1. The second-order valence-corrected chi connectivity index (χ2v) is 7.69. The molecule has 1 aliphatic carbocycles. The number of ether oxygens (including phenoxy) is 1. The molecule has 2 N–H and O–H groups in total. The second-order valence-electron chi connectivity index (χ2n) is 7.69. The van der Waals surface area contributed by atoms with Crippen LogP contribution in [0.1, 0.15) is 50.2 Å². The van der Waals surface area contributed by atoms with Gasteiger partial charge in [-0.25, -0.2) is 9.59 Å². The molecule has 1 atom stereocenters. The first-order chi connectivity index (χ1) is 13.5. The molecule has 148 valence electrons. The molecule has 2 aromatic carbocycles. The third kappa shape index (κ3) is 4.53. The molecule has 0 fully saturated rings. The molecule has 0 spiro atoms. The lowest BCUT2D eigenvalue weighted by atomic mass is 9.98.